The molecule has 0 aliphatic carbocycles. The minimum Gasteiger partial charge on any atom is -0.466 e. The SMILES string of the molecule is CCNC(=NCC(C)C)N1CCC(C(=O)OCC)CC1. The van der Waals surface area contributed by atoms with Crippen LogP contribution in [0.1, 0.15) is 40.5 Å². The molecule has 1 aliphatic rings. The van der Waals surface area contributed by atoms with Gasteiger partial charge < -0.3 is 15.0 Å². The third-order valence-electron chi connectivity index (χ3n) is 3.36. The summed E-state index contributed by atoms with van der Waals surface area (Å²) in [4.78, 5) is 18.6. The third-order valence-corrected chi connectivity index (χ3v) is 3.36. The van der Waals surface area contributed by atoms with Gasteiger partial charge in [-0.05, 0) is 32.6 Å². The second-order valence-corrected chi connectivity index (χ2v) is 5.60. The zero-order chi connectivity index (χ0) is 15.0. The summed E-state index contributed by atoms with van der Waals surface area (Å²) in [5.74, 6) is 1.54. The van der Waals surface area contributed by atoms with E-state index in [1.54, 1.807) is 0 Å². The first-order valence-electron chi connectivity index (χ1n) is 7.78. The molecule has 116 valence electrons. The Morgan fingerprint density at radius 2 is 2.00 bits per heavy atom. The molecule has 0 aromatic rings. The van der Waals surface area contributed by atoms with E-state index in [1.165, 1.54) is 0 Å². The second-order valence-electron chi connectivity index (χ2n) is 5.60. The van der Waals surface area contributed by atoms with Crippen LogP contribution in [0, 0.1) is 11.8 Å². The van der Waals surface area contributed by atoms with Crippen molar-refractivity contribution in [1.82, 2.24) is 10.2 Å². The van der Waals surface area contributed by atoms with Gasteiger partial charge in [0.2, 0.25) is 0 Å². The van der Waals surface area contributed by atoms with Gasteiger partial charge in [0.05, 0.1) is 12.5 Å². The molecule has 1 heterocycles. The molecule has 0 radical (unpaired) electrons. The highest BCUT2D eigenvalue weighted by Gasteiger charge is 2.27. The largest absolute Gasteiger partial charge is 0.466 e. The molecule has 5 heteroatoms. The van der Waals surface area contributed by atoms with Crippen molar-refractivity contribution in [3.8, 4) is 0 Å². The van der Waals surface area contributed by atoms with Crippen molar-refractivity contribution in [2.45, 2.75) is 40.5 Å². The number of esters is 1. The summed E-state index contributed by atoms with van der Waals surface area (Å²) in [5.41, 5.74) is 0. The highest BCUT2D eigenvalue weighted by atomic mass is 16.5. The number of hydrogen-bond acceptors (Lipinski definition) is 3. The maximum absolute atomic E-state index is 11.7. The molecule has 0 aromatic heterocycles. The number of aliphatic imine (C=N–C) groups is 1. The summed E-state index contributed by atoms with van der Waals surface area (Å²) in [6, 6.07) is 0. The van der Waals surface area contributed by atoms with Gasteiger partial charge in [0.25, 0.3) is 0 Å². The molecule has 1 rings (SSSR count). The van der Waals surface area contributed by atoms with E-state index in [0.29, 0.717) is 12.5 Å². The first kappa shape index (κ1) is 16.8. The van der Waals surface area contributed by atoms with E-state index in [4.69, 9.17) is 4.74 Å². The van der Waals surface area contributed by atoms with E-state index in [2.05, 4.69) is 36.0 Å². The number of guanidine groups is 1. The van der Waals surface area contributed by atoms with Crippen LogP contribution in [0.25, 0.3) is 0 Å². The zero-order valence-electron chi connectivity index (χ0n) is 13.3. The van der Waals surface area contributed by atoms with Crippen molar-refractivity contribution in [2.75, 3.05) is 32.8 Å². The smallest absolute Gasteiger partial charge is 0.309 e. The van der Waals surface area contributed by atoms with Crippen LogP contribution in [-0.2, 0) is 9.53 Å². The molecular formula is C15H29N3O2. The molecule has 0 atom stereocenters. The molecule has 0 saturated carbocycles. The van der Waals surface area contributed by atoms with E-state index in [-0.39, 0.29) is 11.9 Å². The lowest BCUT2D eigenvalue weighted by molar-refractivity contribution is -0.149. The van der Waals surface area contributed by atoms with Gasteiger partial charge in [0.1, 0.15) is 0 Å². The fourth-order valence-electron chi connectivity index (χ4n) is 2.28. The van der Waals surface area contributed by atoms with Gasteiger partial charge >= 0.3 is 5.97 Å². The number of nitrogens with zero attached hydrogens (tertiary/aromatic N) is 2. The van der Waals surface area contributed by atoms with Crippen molar-refractivity contribution in [1.29, 1.82) is 0 Å². The summed E-state index contributed by atoms with van der Waals surface area (Å²) in [5, 5.41) is 3.34. The number of piperidine rings is 1. The molecule has 20 heavy (non-hydrogen) atoms. The number of ether oxygens (including phenoxy) is 1. The van der Waals surface area contributed by atoms with Crippen LogP contribution in [0.2, 0.25) is 0 Å². The lowest BCUT2D eigenvalue weighted by Crippen LogP contribution is -2.46. The molecular weight excluding hydrogens is 254 g/mol. The van der Waals surface area contributed by atoms with Crippen LogP contribution in [-0.4, -0.2) is 49.6 Å². The molecule has 0 aromatic carbocycles. The van der Waals surface area contributed by atoms with Gasteiger partial charge in [0.15, 0.2) is 5.96 Å². The Balaban J connectivity index is 2.52. The molecule has 1 aliphatic heterocycles. The fourth-order valence-corrected chi connectivity index (χ4v) is 2.28. The number of nitrogens with one attached hydrogen (secondary N) is 1. The molecule has 0 bridgehead atoms. The van der Waals surface area contributed by atoms with Crippen LogP contribution >= 0.6 is 0 Å². The van der Waals surface area contributed by atoms with E-state index < -0.39 is 0 Å². The average molecular weight is 283 g/mol. The second kappa shape index (κ2) is 8.82. The third kappa shape index (κ3) is 5.39. The quantitative estimate of drug-likeness (QED) is 0.475. The van der Waals surface area contributed by atoms with Crippen LogP contribution in [0.15, 0.2) is 4.99 Å². The van der Waals surface area contributed by atoms with Gasteiger partial charge in [-0.3, -0.25) is 9.79 Å². The maximum atomic E-state index is 11.7. The molecule has 0 spiro atoms. The lowest BCUT2D eigenvalue weighted by atomic mass is 9.97. The number of rotatable bonds is 5. The number of carbonyl (C=O) groups is 1. The predicted molar refractivity (Wildman–Crippen MR) is 81.7 cm³/mol. The van der Waals surface area contributed by atoms with Crippen molar-refractivity contribution in [2.24, 2.45) is 16.8 Å². The van der Waals surface area contributed by atoms with Crippen LogP contribution in [0.4, 0.5) is 0 Å². The van der Waals surface area contributed by atoms with E-state index >= 15 is 0 Å². The van der Waals surface area contributed by atoms with Gasteiger partial charge in [-0.25, -0.2) is 0 Å². The van der Waals surface area contributed by atoms with Crippen LogP contribution < -0.4 is 5.32 Å². The van der Waals surface area contributed by atoms with Crippen LogP contribution in [0.3, 0.4) is 0 Å². The standard InChI is InChI=1S/C15H29N3O2/c1-5-16-15(17-11-12(3)4)18-9-7-13(8-10-18)14(19)20-6-2/h12-13H,5-11H2,1-4H3,(H,16,17). The Hall–Kier alpha value is -1.26. The Kier molecular flexibility index (Phi) is 7.41. The van der Waals surface area contributed by atoms with E-state index in [1.807, 2.05) is 6.92 Å². The van der Waals surface area contributed by atoms with Gasteiger partial charge in [-0.1, -0.05) is 13.8 Å². The van der Waals surface area contributed by atoms with Gasteiger partial charge in [-0.15, -0.1) is 0 Å². The van der Waals surface area contributed by atoms with Gasteiger partial charge in [-0.2, -0.15) is 0 Å². The highest BCUT2D eigenvalue weighted by Crippen LogP contribution is 2.18. The van der Waals surface area contributed by atoms with Crippen molar-refractivity contribution in [3.63, 3.8) is 0 Å². The van der Waals surface area contributed by atoms with Crippen molar-refractivity contribution >= 4 is 11.9 Å². The molecule has 0 amide bonds. The summed E-state index contributed by atoms with van der Waals surface area (Å²) < 4.78 is 5.10. The zero-order valence-corrected chi connectivity index (χ0v) is 13.3. The fraction of sp³-hybridized carbons (Fsp3) is 0.867. The minimum absolute atomic E-state index is 0.0451. The Morgan fingerprint density at radius 1 is 1.35 bits per heavy atom. The summed E-state index contributed by atoms with van der Waals surface area (Å²) in [6.45, 7) is 12.2. The van der Waals surface area contributed by atoms with Gasteiger partial charge in [0, 0.05) is 26.2 Å². The average Bonchev–Trinajstić information content (AvgIpc) is 2.44. The topological polar surface area (TPSA) is 53.9 Å². The molecule has 1 fully saturated rings. The molecule has 5 nitrogen and oxygen atoms in total. The number of hydrogen-bond donors (Lipinski definition) is 1. The summed E-state index contributed by atoms with van der Waals surface area (Å²) in [7, 11) is 0. The molecule has 1 N–H and O–H groups in total. The molecule has 0 unspecified atom stereocenters. The Labute approximate surface area is 122 Å². The molecule has 1 saturated heterocycles. The first-order valence-corrected chi connectivity index (χ1v) is 7.78. The highest BCUT2D eigenvalue weighted by molar-refractivity contribution is 5.80. The number of carbonyl (C=O) groups excluding carboxylic acids is 1. The maximum Gasteiger partial charge on any atom is 0.309 e. The van der Waals surface area contributed by atoms with Crippen LogP contribution in [0.5, 0.6) is 0 Å². The summed E-state index contributed by atoms with van der Waals surface area (Å²) >= 11 is 0. The first-order chi connectivity index (χ1) is 9.58. The van der Waals surface area contributed by atoms with E-state index in [0.717, 1.165) is 45.0 Å². The van der Waals surface area contributed by atoms with Crippen molar-refractivity contribution in [3.05, 3.63) is 0 Å². The number of likely N-dealkylation sites (tertiary alicyclic amines) is 1. The Morgan fingerprint density at radius 3 is 2.50 bits per heavy atom. The monoisotopic (exact) mass is 283 g/mol. The Bertz CT molecular complexity index is 321. The predicted octanol–water partition coefficient (Wildman–Crippen LogP) is 1.88. The normalized spacial score (nSPS) is 17.4. The minimum atomic E-state index is -0.0451. The van der Waals surface area contributed by atoms with Crippen molar-refractivity contribution < 1.29 is 9.53 Å². The van der Waals surface area contributed by atoms with E-state index in [9.17, 15) is 4.79 Å². The summed E-state index contributed by atoms with van der Waals surface area (Å²) in [6.07, 6.45) is 1.70. The lowest BCUT2D eigenvalue weighted by Gasteiger charge is -2.33.